The Balaban J connectivity index is 1.88. The molecule has 0 aromatic heterocycles. The Bertz CT molecular complexity index is 221. The second-order valence-electron chi connectivity index (χ2n) is 3.22. The molecule has 1 saturated carbocycles. The van der Waals surface area contributed by atoms with Gasteiger partial charge in [0, 0.05) is 6.04 Å². The predicted octanol–water partition coefficient (Wildman–Crippen LogP) is 0.406. The fraction of sp³-hybridized carbons (Fsp3) is 1.00. The zero-order valence-corrected chi connectivity index (χ0v) is 7.81. The quantitative estimate of drug-likeness (QED) is 0.473. The van der Waals surface area contributed by atoms with Crippen molar-refractivity contribution in [2.24, 2.45) is 0 Å². The van der Waals surface area contributed by atoms with Gasteiger partial charge in [-0.05, 0) is 32.2 Å². The molecule has 12 heavy (non-hydrogen) atoms. The molecule has 0 unspecified atom stereocenters. The van der Waals surface area contributed by atoms with Crippen LogP contribution in [0, 0.1) is 0 Å². The first kappa shape index (κ1) is 9.95. The van der Waals surface area contributed by atoms with E-state index in [2.05, 4.69) is 5.32 Å². The van der Waals surface area contributed by atoms with E-state index in [4.69, 9.17) is 4.55 Å². The Hall–Kier alpha value is -0.130. The Morgan fingerprint density at radius 1 is 1.33 bits per heavy atom. The molecule has 0 aromatic carbocycles. The Kier molecular flexibility index (Phi) is 3.49. The lowest BCUT2D eigenvalue weighted by Gasteiger charge is -2.00. The number of nitrogens with one attached hydrogen (secondary N) is 1. The molecule has 0 bridgehead atoms. The highest BCUT2D eigenvalue weighted by Gasteiger charge is 2.19. The molecule has 0 saturated heterocycles. The first-order valence-electron chi connectivity index (χ1n) is 4.26. The highest BCUT2D eigenvalue weighted by Crippen LogP contribution is 2.18. The van der Waals surface area contributed by atoms with Crippen LogP contribution in [0.15, 0.2) is 0 Å². The van der Waals surface area contributed by atoms with Crippen LogP contribution in [0.4, 0.5) is 0 Å². The lowest BCUT2D eigenvalue weighted by Crippen LogP contribution is -2.18. The van der Waals surface area contributed by atoms with Crippen molar-refractivity contribution in [3.8, 4) is 0 Å². The van der Waals surface area contributed by atoms with Crippen LogP contribution in [-0.4, -0.2) is 31.3 Å². The minimum Gasteiger partial charge on any atom is -0.314 e. The van der Waals surface area contributed by atoms with Crippen molar-refractivity contribution in [3.63, 3.8) is 0 Å². The van der Waals surface area contributed by atoms with Crippen LogP contribution in [0.5, 0.6) is 0 Å². The van der Waals surface area contributed by atoms with Gasteiger partial charge in [0.25, 0.3) is 10.1 Å². The summed E-state index contributed by atoms with van der Waals surface area (Å²) in [6, 6.07) is 0.677. The normalized spacial score (nSPS) is 18.1. The molecule has 0 aliphatic heterocycles. The first-order valence-corrected chi connectivity index (χ1v) is 5.87. The average molecular weight is 193 g/mol. The molecule has 0 spiro atoms. The third kappa shape index (κ3) is 5.51. The molecule has 0 radical (unpaired) electrons. The molecule has 1 rings (SSSR count). The fourth-order valence-electron chi connectivity index (χ4n) is 1.00. The molecule has 0 aromatic rings. The van der Waals surface area contributed by atoms with Gasteiger partial charge in [-0.3, -0.25) is 4.55 Å². The van der Waals surface area contributed by atoms with E-state index >= 15 is 0 Å². The molecule has 4 nitrogen and oxygen atoms in total. The summed E-state index contributed by atoms with van der Waals surface area (Å²) in [6.07, 6.45) is 3.85. The minimum absolute atomic E-state index is 0.112. The largest absolute Gasteiger partial charge is 0.314 e. The van der Waals surface area contributed by atoms with Gasteiger partial charge >= 0.3 is 0 Å². The Morgan fingerprint density at radius 3 is 2.50 bits per heavy atom. The lowest BCUT2D eigenvalue weighted by molar-refractivity contribution is 0.479. The van der Waals surface area contributed by atoms with Gasteiger partial charge in [0.15, 0.2) is 0 Å². The van der Waals surface area contributed by atoms with E-state index in [9.17, 15) is 8.42 Å². The summed E-state index contributed by atoms with van der Waals surface area (Å²) < 4.78 is 28.9. The molecule has 1 fully saturated rings. The van der Waals surface area contributed by atoms with Crippen LogP contribution in [0.3, 0.4) is 0 Å². The molecule has 0 heterocycles. The second-order valence-corrected chi connectivity index (χ2v) is 4.79. The zero-order chi connectivity index (χ0) is 9.03. The minimum atomic E-state index is -3.74. The third-order valence-corrected chi connectivity index (χ3v) is 2.64. The molecule has 1 aliphatic rings. The van der Waals surface area contributed by atoms with Gasteiger partial charge in [-0.15, -0.1) is 0 Å². The van der Waals surface area contributed by atoms with Crippen LogP contribution in [0.2, 0.25) is 0 Å². The summed E-state index contributed by atoms with van der Waals surface area (Å²) in [5.41, 5.74) is 0. The monoisotopic (exact) mass is 193 g/mol. The average Bonchev–Trinajstić information content (AvgIpc) is 2.68. The van der Waals surface area contributed by atoms with Gasteiger partial charge < -0.3 is 5.32 Å². The molecule has 0 atom stereocenters. The van der Waals surface area contributed by atoms with Crippen LogP contribution < -0.4 is 5.32 Å². The van der Waals surface area contributed by atoms with Crippen LogP contribution in [0.25, 0.3) is 0 Å². The van der Waals surface area contributed by atoms with Crippen molar-refractivity contribution in [2.75, 3.05) is 12.3 Å². The topological polar surface area (TPSA) is 66.4 Å². The predicted molar refractivity (Wildman–Crippen MR) is 46.7 cm³/mol. The van der Waals surface area contributed by atoms with E-state index < -0.39 is 10.1 Å². The van der Waals surface area contributed by atoms with E-state index in [-0.39, 0.29) is 5.75 Å². The van der Waals surface area contributed by atoms with Crippen molar-refractivity contribution < 1.29 is 13.0 Å². The Morgan fingerprint density at radius 2 is 2.00 bits per heavy atom. The lowest BCUT2D eigenvalue weighted by atomic mass is 10.3. The summed E-state index contributed by atoms with van der Waals surface area (Å²) in [6.45, 7) is 0.861. The number of unbranched alkanes of at least 4 members (excludes halogenated alkanes) is 1. The first-order chi connectivity index (χ1) is 5.58. The van der Waals surface area contributed by atoms with Gasteiger partial charge in [-0.1, -0.05) is 0 Å². The van der Waals surface area contributed by atoms with Crippen LogP contribution in [-0.2, 0) is 10.1 Å². The molecule has 72 valence electrons. The summed E-state index contributed by atoms with van der Waals surface area (Å²) >= 11 is 0. The maximum atomic E-state index is 10.3. The zero-order valence-electron chi connectivity index (χ0n) is 6.99. The maximum Gasteiger partial charge on any atom is 0.264 e. The van der Waals surface area contributed by atoms with E-state index in [1.54, 1.807) is 0 Å². The van der Waals surface area contributed by atoms with E-state index in [1.807, 2.05) is 0 Å². The second kappa shape index (κ2) is 4.20. The SMILES string of the molecule is O=S(=O)(O)CCCCNC1CC1. The molecular formula is C7H15NO3S. The van der Waals surface area contributed by atoms with Crippen molar-refractivity contribution >= 4 is 10.1 Å². The smallest absolute Gasteiger partial charge is 0.264 e. The number of rotatable bonds is 6. The standard InChI is InChI=1S/C7H15NO3S/c9-12(10,11)6-2-1-5-8-7-3-4-7/h7-8H,1-6H2,(H,9,10,11). The maximum absolute atomic E-state index is 10.3. The number of hydrogen-bond donors (Lipinski definition) is 2. The van der Waals surface area contributed by atoms with Crippen molar-refractivity contribution in [1.82, 2.24) is 5.32 Å². The van der Waals surface area contributed by atoms with Gasteiger partial charge in [0.2, 0.25) is 0 Å². The third-order valence-electron chi connectivity index (χ3n) is 1.84. The van der Waals surface area contributed by atoms with Gasteiger partial charge in [-0.25, -0.2) is 0 Å². The van der Waals surface area contributed by atoms with Gasteiger partial charge in [0.05, 0.1) is 5.75 Å². The van der Waals surface area contributed by atoms with E-state index in [0.717, 1.165) is 13.0 Å². The van der Waals surface area contributed by atoms with E-state index in [1.165, 1.54) is 12.8 Å². The summed E-state index contributed by atoms with van der Waals surface area (Å²) in [5.74, 6) is -0.112. The molecule has 0 amide bonds. The summed E-state index contributed by atoms with van der Waals surface area (Å²) in [5, 5.41) is 3.27. The highest BCUT2D eigenvalue weighted by molar-refractivity contribution is 7.85. The summed E-state index contributed by atoms with van der Waals surface area (Å²) in [7, 11) is -3.74. The summed E-state index contributed by atoms with van der Waals surface area (Å²) in [4.78, 5) is 0. The molecule has 2 N–H and O–H groups in total. The van der Waals surface area contributed by atoms with Crippen LogP contribution >= 0.6 is 0 Å². The van der Waals surface area contributed by atoms with Crippen molar-refractivity contribution in [3.05, 3.63) is 0 Å². The van der Waals surface area contributed by atoms with Gasteiger partial charge in [-0.2, -0.15) is 8.42 Å². The fourth-order valence-corrected chi connectivity index (χ4v) is 1.57. The highest BCUT2D eigenvalue weighted by atomic mass is 32.2. The van der Waals surface area contributed by atoms with Crippen molar-refractivity contribution in [2.45, 2.75) is 31.7 Å². The van der Waals surface area contributed by atoms with Crippen LogP contribution in [0.1, 0.15) is 25.7 Å². The van der Waals surface area contributed by atoms with Crippen molar-refractivity contribution in [1.29, 1.82) is 0 Å². The molecule has 1 aliphatic carbocycles. The number of hydrogen-bond acceptors (Lipinski definition) is 3. The van der Waals surface area contributed by atoms with E-state index in [0.29, 0.717) is 12.5 Å². The molecular weight excluding hydrogens is 178 g/mol. The van der Waals surface area contributed by atoms with Gasteiger partial charge in [0.1, 0.15) is 0 Å². The molecule has 5 heteroatoms. The Labute approximate surface area is 73.1 Å².